The first-order chi connectivity index (χ1) is 7.74. The SMILES string of the molecule is C=CCCCCCNc1ccc(Br)cc1Cl. The molecule has 1 N–H and O–H groups in total. The second-order valence-corrected chi connectivity index (χ2v) is 5.01. The second kappa shape index (κ2) is 7.75. The normalized spacial score (nSPS) is 10.1. The molecule has 0 aliphatic rings. The minimum atomic E-state index is 0.764. The van der Waals surface area contributed by atoms with Crippen LogP contribution in [0.1, 0.15) is 25.7 Å². The third kappa shape index (κ3) is 5.04. The zero-order valence-electron chi connectivity index (χ0n) is 9.31. The number of nitrogens with one attached hydrogen (secondary N) is 1. The fourth-order valence-corrected chi connectivity index (χ4v) is 2.19. The Balaban J connectivity index is 2.24. The van der Waals surface area contributed by atoms with Crippen LogP contribution in [0.4, 0.5) is 5.69 Å². The van der Waals surface area contributed by atoms with Crippen molar-refractivity contribution >= 4 is 33.2 Å². The summed E-state index contributed by atoms with van der Waals surface area (Å²) in [5, 5.41) is 4.10. The summed E-state index contributed by atoms with van der Waals surface area (Å²) in [5.74, 6) is 0. The van der Waals surface area contributed by atoms with Gasteiger partial charge in [0, 0.05) is 11.0 Å². The summed E-state index contributed by atoms with van der Waals surface area (Å²) in [7, 11) is 0. The van der Waals surface area contributed by atoms with Gasteiger partial charge >= 0.3 is 0 Å². The molecule has 0 heterocycles. The minimum Gasteiger partial charge on any atom is -0.384 e. The van der Waals surface area contributed by atoms with Gasteiger partial charge in [-0.1, -0.05) is 40.0 Å². The van der Waals surface area contributed by atoms with Gasteiger partial charge in [0.15, 0.2) is 0 Å². The highest BCUT2D eigenvalue weighted by atomic mass is 79.9. The van der Waals surface area contributed by atoms with Gasteiger partial charge in [-0.2, -0.15) is 0 Å². The Labute approximate surface area is 111 Å². The Kier molecular flexibility index (Phi) is 6.58. The maximum absolute atomic E-state index is 6.09. The molecule has 1 aromatic carbocycles. The van der Waals surface area contributed by atoms with Gasteiger partial charge in [0.1, 0.15) is 0 Å². The average Bonchev–Trinajstić information content (AvgIpc) is 2.26. The van der Waals surface area contributed by atoms with Gasteiger partial charge in [-0.25, -0.2) is 0 Å². The molecule has 0 bridgehead atoms. The van der Waals surface area contributed by atoms with Gasteiger partial charge in [-0.05, 0) is 37.5 Å². The van der Waals surface area contributed by atoms with Gasteiger partial charge < -0.3 is 5.32 Å². The average molecular weight is 303 g/mol. The van der Waals surface area contributed by atoms with Crippen LogP contribution < -0.4 is 5.32 Å². The lowest BCUT2D eigenvalue weighted by Gasteiger charge is -2.08. The summed E-state index contributed by atoms with van der Waals surface area (Å²) in [5.41, 5.74) is 1.01. The van der Waals surface area contributed by atoms with Crippen molar-refractivity contribution in [3.05, 3.63) is 40.3 Å². The van der Waals surface area contributed by atoms with E-state index in [0.717, 1.165) is 28.1 Å². The third-order valence-electron chi connectivity index (χ3n) is 2.33. The van der Waals surface area contributed by atoms with Crippen LogP contribution in [0.2, 0.25) is 5.02 Å². The smallest absolute Gasteiger partial charge is 0.0648 e. The molecule has 0 saturated heterocycles. The fourth-order valence-electron chi connectivity index (χ4n) is 1.45. The summed E-state index contributed by atoms with van der Waals surface area (Å²) >= 11 is 9.47. The molecular formula is C13H17BrClN. The Morgan fingerprint density at radius 1 is 1.31 bits per heavy atom. The fraction of sp³-hybridized carbons (Fsp3) is 0.385. The van der Waals surface area contributed by atoms with Crippen LogP contribution in [0, 0.1) is 0 Å². The molecular weight excluding hydrogens is 286 g/mol. The van der Waals surface area contributed by atoms with Crippen LogP contribution in [0.15, 0.2) is 35.3 Å². The molecule has 1 aromatic rings. The Morgan fingerprint density at radius 2 is 2.12 bits per heavy atom. The Bertz CT molecular complexity index is 339. The lowest BCUT2D eigenvalue weighted by molar-refractivity contribution is 0.709. The predicted molar refractivity (Wildman–Crippen MR) is 76.3 cm³/mol. The summed E-state index contributed by atoms with van der Waals surface area (Å²) in [6, 6.07) is 5.89. The summed E-state index contributed by atoms with van der Waals surface area (Å²) < 4.78 is 1.01. The quantitative estimate of drug-likeness (QED) is 0.535. The van der Waals surface area contributed by atoms with E-state index in [0.29, 0.717) is 0 Å². The van der Waals surface area contributed by atoms with Gasteiger partial charge in [0.25, 0.3) is 0 Å². The lowest BCUT2D eigenvalue weighted by Crippen LogP contribution is -2.01. The summed E-state index contributed by atoms with van der Waals surface area (Å²) in [6.45, 7) is 4.68. The molecule has 0 atom stereocenters. The van der Waals surface area contributed by atoms with Crippen LogP contribution in [-0.2, 0) is 0 Å². The van der Waals surface area contributed by atoms with Crippen LogP contribution in [-0.4, -0.2) is 6.54 Å². The van der Waals surface area contributed by atoms with Crippen molar-refractivity contribution in [3.63, 3.8) is 0 Å². The van der Waals surface area contributed by atoms with E-state index in [4.69, 9.17) is 11.6 Å². The van der Waals surface area contributed by atoms with Crippen LogP contribution >= 0.6 is 27.5 Å². The van der Waals surface area contributed by atoms with E-state index in [1.165, 1.54) is 19.3 Å². The maximum atomic E-state index is 6.09. The van der Waals surface area contributed by atoms with E-state index in [1.54, 1.807) is 0 Å². The maximum Gasteiger partial charge on any atom is 0.0648 e. The van der Waals surface area contributed by atoms with E-state index in [-0.39, 0.29) is 0 Å². The summed E-state index contributed by atoms with van der Waals surface area (Å²) in [4.78, 5) is 0. The lowest BCUT2D eigenvalue weighted by atomic mass is 10.2. The molecule has 3 heteroatoms. The van der Waals surface area contributed by atoms with Gasteiger partial charge in [0.05, 0.1) is 10.7 Å². The molecule has 0 fully saturated rings. The number of rotatable bonds is 7. The molecule has 0 spiro atoms. The number of hydrogen-bond acceptors (Lipinski definition) is 1. The van der Waals surface area contributed by atoms with Crippen molar-refractivity contribution in [1.29, 1.82) is 0 Å². The second-order valence-electron chi connectivity index (χ2n) is 3.69. The number of halogens is 2. The molecule has 16 heavy (non-hydrogen) atoms. The van der Waals surface area contributed by atoms with E-state index in [9.17, 15) is 0 Å². The highest BCUT2D eigenvalue weighted by Crippen LogP contribution is 2.25. The Hall–Kier alpha value is -0.470. The Morgan fingerprint density at radius 3 is 2.81 bits per heavy atom. The summed E-state index contributed by atoms with van der Waals surface area (Å²) in [6.07, 6.45) is 6.70. The monoisotopic (exact) mass is 301 g/mol. The standard InChI is InChI=1S/C13H17BrClN/c1-2-3-4-5-6-9-16-13-8-7-11(14)10-12(13)15/h2,7-8,10,16H,1,3-6,9H2. The molecule has 88 valence electrons. The number of hydrogen-bond donors (Lipinski definition) is 1. The van der Waals surface area contributed by atoms with E-state index in [1.807, 2.05) is 24.3 Å². The highest BCUT2D eigenvalue weighted by molar-refractivity contribution is 9.10. The van der Waals surface area contributed by atoms with Crippen LogP contribution in [0.5, 0.6) is 0 Å². The van der Waals surface area contributed by atoms with Crippen molar-refractivity contribution < 1.29 is 0 Å². The molecule has 1 nitrogen and oxygen atoms in total. The number of unbranched alkanes of at least 4 members (excludes halogenated alkanes) is 3. The molecule has 0 unspecified atom stereocenters. The van der Waals surface area contributed by atoms with Gasteiger partial charge in [0.2, 0.25) is 0 Å². The molecule has 0 aliphatic heterocycles. The van der Waals surface area contributed by atoms with Crippen LogP contribution in [0.3, 0.4) is 0 Å². The van der Waals surface area contributed by atoms with Crippen LogP contribution in [0.25, 0.3) is 0 Å². The van der Waals surface area contributed by atoms with E-state index >= 15 is 0 Å². The van der Waals surface area contributed by atoms with Crippen molar-refractivity contribution in [1.82, 2.24) is 0 Å². The topological polar surface area (TPSA) is 12.0 Å². The molecule has 1 rings (SSSR count). The number of allylic oxidation sites excluding steroid dienone is 1. The molecule has 0 saturated carbocycles. The van der Waals surface area contributed by atoms with Crippen molar-refractivity contribution in [2.45, 2.75) is 25.7 Å². The molecule has 0 aliphatic carbocycles. The number of anilines is 1. The predicted octanol–water partition coefficient (Wildman–Crippen LogP) is 5.26. The first-order valence-corrected chi connectivity index (χ1v) is 6.71. The van der Waals surface area contributed by atoms with E-state index in [2.05, 4.69) is 27.8 Å². The molecule has 0 amide bonds. The van der Waals surface area contributed by atoms with Crippen molar-refractivity contribution in [2.24, 2.45) is 0 Å². The van der Waals surface area contributed by atoms with Gasteiger partial charge in [-0.15, -0.1) is 6.58 Å². The largest absolute Gasteiger partial charge is 0.384 e. The van der Waals surface area contributed by atoms with Crippen molar-refractivity contribution in [3.8, 4) is 0 Å². The zero-order valence-corrected chi connectivity index (χ0v) is 11.6. The van der Waals surface area contributed by atoms with Crippen molar-refractivity contribution in [2.75, 3.05) is 11.9 Å². The molecule has 0 aromatic heterocycles. The van der Waals surface area contributed by atoms with Gasteiger partial charge in [-0.3, -0.25) is 0 Å². The first kappa shape index (κ1) is 13.6. The minimum absolute atomic E-state index is 0.764. The zero-order chi connectivity index (χ0) is 11.8. The van der Waals surface area contributed by atoms with E-state index < -0.39 is 0 Å². The first-order valence-electron chi connectivity index (χ1n) is 5.54. The highest BCUT2D eigenvalue weighted by Gasteiger charge is 1.99. The number of benzene rings is 1. The molecule has 0 radical (unpaired) electrons. The third-order valence-corrected chi connectivity index (χ3v) is 3.14.